The number of carbonyl (C=O) groups excluding carboxylic acids is 1. The lowest BCUT2D eigenvalue weighted by atomic mass is 10.2. The summed E-state index contributed by atoms with van der Waals surface area (Å²) in [6, 6.07) is 0. The van der Waals surface area contributed by atoms with Gasteiger partial charge in [0, 0.05) is 0 Å². The van der Waals surface area contributed by atoms with Gasteiger partial charge in [0.05, 0.1) is 0 Å². The van der Waals surface area contributed by atoms with E-state index in [0.29, 0.717) is 0 Å². The highest BCUT2D eigenvalue weighted by atomic mass is 16.5. The molecule has 0 rings (SSSR count). The molecule has 9 heavy (non-hydrogen) atoms. The van der Waals surface area contributed by atoms with Crippen molar-refractivity contribution in [1.82, 2.24) is 0 Å². The third-order valence-electron chi connectivity index (χ3n) is 1.01. The summed E-state index contributed by atoms with van der Waals surface area (Å²) in [6.45, 7) is 5.23. The summed E-state index contributed by atoms with van der Waals surface area (Å²) in [5.74, 6) is 0. The van der Waals surface area contributed by atoms with Crippen LogP contribution in [-0.4, -0.2) is 12.6 Å². The molecule has 0 spiro atoms. The first-order valence-electron chi connectivity index (χ1n) is 3.00. The maximum absolute atomic E-state index is 9.67. The van der Waals surface area contributed by atoms with E-state index in [-0.39, 0.29) is 6.10 Å². The monoisotopic (exact) mass is 127 g/mol. The molecular weight excluding hydrogens is 116 g/mol. The first-order chi connectivity index (χ1) is 4.35. The Hall–Kier alpha value is -0.790. The van der Waals surface area contributed by atoms with Crippen molar-refractivity contribution in [3.8, 4) is 0 Å². The molecule has 0 aromatic heterocycles. The Morgan fingerprint density at radius 3 is 2.78 bits per heavy atom. The molecule has 1 radical (unpaired) electrons. The van der Waals surface area contributed by atoms with Gasteiger partial charge in [0.25, 0.3) is 0 Å². The molecule has 2 heteroatoms. The lowest BCUT2D eigenvalue weighted by Crippen LogP contribution is -2.05. The van der Waals surface area contributed by atoms with E-state index in [9.17, 15) is 4.79 Å². The van der Waals surface area contributed by atoms with E-state index in [1.807, 2.05) is 26.0 Å². The number of ether oxygens (including phenoxy) is 1. The minimum Gasteiger partial charge on any atom is -0.450 e. The topological polar surface area (TPSA) is 26.3 Å². The molecule has 1 unspecified atom stereocenters. The molecule has 0 aromatic rings. The number of hydrogen-bond donors (Lipinski definition) is 0. The normalized spacial score (nSPS) is 13.6. The van der Waals surface area contributed by atoms with Gasteiger partial charge in [0.15, 0.2) is 0 Å². The molecule has 0 aliphatic rings. The van der Waals surface area contributed by atoms with Gasteiger partial charge in [-0.3, -0.25) is 0 Å². The van der Waals surface area contributed by atoms with Crippen LogP contribution in [0.1, 0.15) is 20.3 Å². The quantitative estimate of drug-likeness (QED) is 0.534. The molecule has 0 saturated carbocycles. The summed E-state index contributed by atoms with van der Waals surface area (Å²) in [7, 11) is 0. The average Bonchev–Trinajstić information content (AvgIpc) is 1.88. The largest absolute Gasteiger partial charge is 0.450 e. The molecule has 51 valence electrons. The van der Waals surface area contributed by atoms with Gasteiger partial charge in [-0.25, -0.2) is 4.79 Å². The highest BCUT2D eigenvalue weighted by molar-refractivity contribution is 5.39. The molecule has 1 atom stereocenters. The molecule has 0 fully saturated rings. The van der Waals surface area contributed by atoms with Crippen LogP contribution in [0.15, 0.2) is 12.2 Å². The third-order valence-corrected chi connectivity index (χ3v) is 1.01. The Morgan fingerprint density at radius 2 is 2.44 bits per heavy atom. The Morgan fingerprint density at radius 1 is 1.78 bits per heavy atom. The van der Waals surface area contributed by atoms with Crippen LogP contribution in [0, 0.1) is 0 Å². The second-order valence-electron chi connectivity index (χ2n) is 1.67. The van der Waals surface area contributed by atoms with Gasteiger partial charge < -0.3 is 4.74 Å². The van der Waals surface area contributed by atoms with Gasteiger partial charge in [0.1, 0.15) is 6.10 Å². The van der Waals surface area contributed by atoms with Crippen LogP contribution in [0.25, 0.3) is 0 Å². The lowest BCUT2D eigenvalue weighted by molar-refractivity contribution is 0.215. The van der Waals surface area contributed by atoms with Crippen molar-refractivity contribution in [1.29, 1.82) is 0 Å². The first kappa shape index (κ1) is 8.21. The molecular formula is C7H11O2. The molecule has 0 amide bonds. The summed E-state index contributed by atoms with van der Waals surface area (Å²) in [5.41, 5.74) is 0. The standard InChI is InChI=1S/C7H11O2/c1-3-5-7(4-2)9-6-8/h3,5,7H,4H2,1-2H3/b5-3+. The van der Waals surface area contributed by atoms with Gasteiger partial charge in [0.2, 0.25) is 0 Å². The predicted molar refractivity (Wildman–Crippen MR) is 35.7 cm³/mol. The van der Waals surface area contributed by atoms with Crippen LogP contribution in [0.5, 0.6) is 0 Å². The second-order valence-corrected chi connectivity index (χ2v) is 1.67. The Kier molecular flexibility index (Phi) is 4.88. The smallest absolute Gasteiger partial charge is 0.418 e. The summed E-state index contributed by atoms with van der Waals surface area (Å²) in [4.78, 5) is 9.67. The molecule has 0 aromatic carbocycles. The maximum Gasteiger partial charge on any atom is 0.418 e. The highest BCUT2D eigenvalue weighted by Crippen LogP contribution is 1.96. The van der Waals surface area contributed by atoms with E-state index in [4.69, 9.17) is 0 Å². The fourth-order valence-electron chi connectivity index (χ4n) is 0.535. The van der Waals surface area contributed by atoms with Crippen molar-refractivity contribution in [2.45, 2.75) is 26.4 Å². The molecule has 0 aliphatic heterocycles. The predicted octanol–water partition coefficient (Wildman–Crippen LogP) is 1.42. The summed E-state index contributed by atoms with van der Waals surface area (Å²) >= 11 is 0. The van der Waals surface area contributed by atoms with Crippen molar-refractivity contribution in [3.63, 3.8) is 0 Å². The van der Waals surface area contributed by atoms with Crippen LogP contribution >= 0.6 is 0 Å². The van der Waals surface area contributed by atoms with Crippen LogP contribution < -0.4 is 0 Å². The molecule has 0 bridgehead atoms. The minimum atomic E-state index is -0.0903. The molecule has 0 saturated heterocycles. The van der Waals surface area contributed by atoms with E-state index in [2.05, 4.69) is 4.74 Å². The summed E-state index contributed by atoms with van der Waals surface area (Å²) < 4.78 is 4.54. The summed E-state index contributed by atoms with van der Waals surface area (Å²) in [5, 5.41) is 0. The number of rotatable bonds is 4. The van der Waals surface area contributed by atoms with Crippen LogP contribution in [0.4, 0.5) is 0 Å². The average molecular weight is 127 g/mol. The van der Waals surface area contributed by atoms with Gasteiger partial charge in [-0.1, -0.05) is 13.0 Å². The fraction of sp³-hybridized carbons (Fsp3) is 0.571. The molecule has 0 heterocycles. The third kappa shape index (κ3) is 3.76. The minimum absolute atomic E-state index is 0.0903. The van der Waals surface area contributed by atoms with Gasteiger partial charge in [-0.2, -0.15) is 0 Å². The lowest BCUT2D eigenvalue weighted by Gasteiger charge is -2.04. The van der Waals surface area contributed by atoms with Crippen LogP contribution in [0.3, 0.4) is 0 Å². The van der Waals surface area contributed by atoms with Crippen molar-refractivity contribution < 1.29 is 9.53 Å². The van der Waals surface area contributed by atoms with Gasteiger partial charge in [-0.15, -0.1) is 0 Å². The van der Waals surface area contributed by atoms with E-state index in [1.165, 1.54) is 6.47 Å². The van der Waals surface area contributed by atoms with E-state index >= 15 is 0 Å². The van der Waals surface area contributed by atoms with Crippen molar-refractivity contribution in [3.05, 3.63) is 12.2 Å². The van der Waals surface area contributed by atoms with Crippen molar-refractivity contribution >= 4 is 6.47 Å². The van der Waals surface area contributed by atoms with E-state index in [0.717, 1.165) is 6.42 Å². The van der Waals surface area contributed by atoms with Gasteiger partial charge in [-0.05, 0) is 19.4 Å². The molecule has 0 N–H and O–H groups in total. The Bertz CT molecular complexity index is 97.1. The van der Waals surface area contributed by atoms with Crippen LogP contribution in [-0.2, 0) is 9.53 Å². The SMILES string of the molecule is C/C=C/C(CC)O[C]=O. The zero-order valence-corrected chi connectivity index (χ0v) is 5.76. The van der Waals surface area contributed by atoms with Crippen molar-refractivity contribution in [2.24, 2.45) is 0 Å². The van der Waals surface area contributed by atoms with Gasteiger partial charge >= 0.3 is 6.47 Å². The number of hydrogen-bond acceptors (Lipinski definition) is 2. The van der Waals surface area contributed by atoms with E-state index < -0.39 is 0 Å². The Labute approximate surface area is 55.5 Å². The maximum atomic E-state index is 9.67. The zero-order valence-electron chi connectivity index (χ0n) is 5.76. The molecule has 0 aliphatic carbocycles. The number of allylic oxidation sites excluding steroid dienone is 1. The summed E-state index contributed by atoms with van der Waals surface area (Å²) in [6.07, 6.45) is 4.39. The van der Waals surface area contributed by atoms with E-state index in [1.54, 1.807) is 0 Å². The first-order valence-corrected chi connectivity index (χ1v) is 3.00. The Balaban J connectivity index is 3.53. The van der Waals surface area contributed by atoms with Crippen LogP contribution in [0.2, 0.25) is 0 Å². The second kappa shape index (κ2) is 5.35. The van der Waals surface area contributed by atoms with Crippen molar-refractivity contribution in [2.75, 3.05) is 0 Å². The molecule has 2 nitrogen and oxygen atoms in total. The zero-order chi connectivity index (χ0) is 7.11. The highest BCUT2D eigenvalue weighted by Gasteiger charge is 1.98. The fourth-order valence-corrected chi connectivity index (χ4v) is 0.535.